The minimum atomic E-state index is 0.997. The summed E-state index contributed by atoms with van der Waals surface area (Å²) in [4.78, 5) is 2.20. The van der Waals surface area contributed by atoms with Gasteiger partial charge in [-0.25, -0.2) is 0 Å². The van der Waals surface area contributed by atoms with Gasteiger partial charge in [0.1, 0.15) is 0 Å². The Hall–Kier alpha value is -1.47. The third kappa shape index (κ3) is 2.31. The van der Waals surface area contributed by atoms with Crippen LogP contribution in [-0.4, -0.2) is 19.0 Å². The molecule has 1 heteroatoms. The Labute approximate surface area is 91.3 Å². The highest BCUT2D eigenvalue weighted by atomic mass is 15.0. The lowest BCUT2D eigenvalue weighted by Crippen LogP contribution is -2.10. The third-order valence-electron chi connectivity index (χ3n) is 2.48. The lowest BCUT2D eigenvalue weighted by Gasteiger charge is -2.16. The maximum Gasteiger partial charge on any atom is -0.0114 e. The summed E-state index contributed by atoms with van der Waals surface area (Å²) < 4.78 is 0. The second-order valence-electron chi connectivity index (χ2n) is 4.07. The predicted octanol–water partition coefficient (Wildman–Crippen LogP) is 3.13. The molecular formula is C14H16N-. The van der Waals surface area contributed by atoms with Crippen LogP contribution < -0.4 is 0 Å². The van der Waals surface area contributed by atoms with Crippen LogP contribution in [0.15, 0.2) is 48.5 Å². The first kappa shape index (κ1) is 10.1. The van der Waals surface area contributed by atoms with Crippen LogP contribution in [0.1, 0.15) is 5.56 Å². The predicted molar refractivity (Wildman–Crippen MR) is 64.9 cm³/mol. The van der Waals surface area contributed by atoms with Crippen LogP contribution in [0, 0.1) is 0 Å². The summed E-state index contributed by atoms with van der Waals surface area (Å²) in [5.74, 6) is 0. The van der Waals surface area contributed by atoms with Crippen LogP contribution in [0.25, 0.3) is 11.1 Å². The molecule has 0 spiro atoms. The summed E-state index contributed by atoms with van der Waals surface area (Å²) in [5, 5.41) is 0. The maximum absolute atomic E-state index is 2.20. The highest BCUT2D eigenvalue weighted by Gasteiger charge is 1.97. The van der Waals surface area contributed by atoms with Crippen LogP contribution >= 0.6 is 0 Å². The highest BCUT2D eigenvalue weighted by Crippen LogP contribution is 2.25. The van der Waals surface area contributed by atoms with E-state index in [0.717, 1.165) is 6.54 Å². The molecule has 0 atom stereocenters. The lowest BCUT2D eigenvalue weighted by atomic mass is 10.0. The Morgan fingerprint density at radius 1 is 1.00 bits per heavy atom. The van der Waals surface area contributed by atoms with E-state index in [1.165, 1.54) is 16.7 Å². The molecule has 0 N–H and O–H groups in total. The van der Waals surface area contributed by atoms with Crippen LogP contribution in [0.4, 0.5) is 0 Å². The molecule has 0 aromatic heterocycles. The fourth-order valence-electron chi connectivity index (χ4n) is 1.84. The molecule has 0 bridgehead atoms. The quantitative estimate of drug-likeness (QED) is 0.685. The Bertz CT molecular complexity index is 412. The van der Waals surface area contributed by atoms with E-state index in [1.54, 1.807) is 0 Å². The summed E-state index contributed by atoms with van der Waals surface area (Å²) in [6.45, 7) is 0.997. The van der Waals surface area contributed by atoms with Gasteiger partial charge in [-0.1, -0.05) is 35.9 Å². The minimum Gasteiger partial charge on any atom is -0.314 e. The molecule has 2 aromatic carbocycles. The van der Waals surface area contributed by atoms with Crippen molar-refractivity contribution in [3.63, 3.8) is 0 Å². The molecule has 15 heavy (non-hydrogen) atoms. The number of benzene rings is 1. The van der Waals surface area contributed by atoms with E-state index in [-0.39, 0.29) is 0 Å². The van der Waals surface area contributed by atoms with E-state index in [9.17, 15) is 0 Å². The van der Waals surface area contributed by atoms with Crippen molar-refractivity contribution in [2.45, 2.75) is 6.54 Å². The zero-order valence-electron chi connectivity index (χ0n) is 9.27. The first-order valence-corrected chi connectivity index (χ1v) is 5.22. The van der Waals surface area contributed by atoms with Crippen molar-refractivity contribution in [3.05, 3.63) is 54.1 Å². The number of rotatable bonds is 3. The molecular weight excluding hydrogens is 182 g/mol. The first-order chi connectivity index (χ1) is 7.27. The summed E-state index contributed by atoms with van der Waals surface area (Å²) >= 11 is 0. The Morgan fingerprint density at radius 2 is 1.73 bits per heavy atom. The molecule has 0 saturated carbocycles. The molecule has 78 valence electrons. The van der Waals surface area contributed by atoms with E-state index in [2.05, 4.69) is 67.5 Å². The van der Waals surface area contributed by atoms with Crippen molar-refractivity contribution < 1.29 is 0 Å². The fraction of sp³-hybridized carbons (Fsp3) is 0.214. The van der Waals surface area contributed by atoms with Gasteiger partial charge in [0.2, 0.25) is 0 Å². The summed E-state index contributed by atoms with van der Waals surface area (Å²) in [5.41, 5.74) is 4.05. The highest BCUT2D eigenvalue weighted by molar-refractivity contribution is 5.68. The van der Waals surface area contributed by atoms with Gasteiger partial charge < -0.3 is 4.90 Å². The van der Waals surface area contributed by atoms with Gasteiger partial charge in [0, 0.05) is 0 Å². The molecule has 0 unspecified atom stereocenters. The maximum atomic E-state index is 2.20. The topological polar surface area (TPSA) is 3.24 Å². The van der Waals surface area contributed by atoms with Crippen molar-refractivity contribution in [2.75, 3.05) is 14.1 Å². The van der Waals surface area contributed by atoms with Crippen LogP contribution in [0.3, 0.4) is 0 Å². The average molecular weight is 198 g/mol. The van der Waals surface area contributed by atoms with Crippen molar-refractivity contribution >= 4 is 0 Å². The summed E-state index contributed by atoms with van der Waals surface area (Å²) in [7, 11) is 4.20. The Balaban J connectivity index is 2.33. The normalized spacial score (nSPS) is 10.9. The van der Waals surface area contributed by atoms with Gasteiger partial charge in [0.15, 0.2) is 0 Å². The van der Waals surface area contributed by atoms with E-state index in [1.807, 2.05) is 0 Å². The monoisotopic (exact) mass is 198 g/mol. The number of nitrogens with zero attached hydrogens (tertiary/aromatic N) is 1. The molecule has 2 aromatic rings. The molecule has 1 nitrogen and oxygen atoms in total. The Kier molecular flexibility index (Phi) is 2.93. The largest absolute Gasteiger partial charge is 0.314 e. The van der Waals surface area contributed by atoms with Crippen LogP contribution in [0.2, 0.25) is 0 Å². The zero-order valence-corrected chi connectivity index (χ0v) is 9.27. The van der Waals surface area contributed by atoms with Crippen LogP contribution in [-0.2, 0) is 6.54 Å². The molecule has 0 amide bonds. The number of hydrogen-bond donors (Lipinski definition) is 0. The van der Waals surface area contributed by atoms with Crippen molar-refractivity contribution in [3.8, 4) is 11.1 Å². The second-order valence-corrected chi connectivity index (χ2v) is 4.07. The van der Waals surface area contributed by atoms with Crippen molar-refractivity contribution in [1.29, 1.82) is 0 Å². The summed E-state index contributed by atoms with van der Waals surface area (Å²) in [6, 6.07) is 17.1. The van der Waals surface area contributed by atoms with E-state index >= 15 is 0 Å². The van der Waals surface area contributed by atoms with Gasteiger partial charge in [-0.2, -0.15) is 12.1 Å². The Morgan fingerprint density at radius 3 is 2.40 bits per heavy atom. The standard InChI is InChI=1S/C14H16N/c1-15(2)11-13-9-6-10-14(13)12-7-4-3-5-8-12/h3-10H,11H2,1-2H3/q-1. The lowest BCUT2D eigenvalue weighted by molar-refractivity contribution is 0.403. The van der Waals surface area contributed by atoms with Crippen molar-refractivity contribution in [2.24, 2.45) is 0 Å². The second kappa shape index (κ2) is 4.37. The van der Waals surface area contributed by atoms with Gasteiger partial charge in [0.05, 0.1) is 0 Å². The first-order valence-electron chi connectivity index (χ1n) is 5.22. The van der Waals surface area contributed by atoms with Gasteiger partial charge >= 0.3 is 0 Å². The van der Waals surface area contributed by atoms with E-state index in [4.69, 9.17) is 0 Å². The van der Waals surface area contributed by atoms with E-state index < -0.39 is 0 Å². The average Bonchev–Trinajstić information content (AvgIpc) is 2.66. The van der Waals surface area contributed by atoms with Crippen molar-refractivity contribution in [1.82, 2.24) is 4.90 Å². The van der Waals surface area contributed by atoms with E-state index in [0.29, 0.717) is 0 Å². The van der Waals surface area contributed by atoms with Gasteiger partial charge in [-0.05, 0) is 20.6 Å². The molecule has 0 fully saturated rings. The fourth-order valence-corrected chi connectivity index (χ4v) is 1.84. The molecule has 0 radical (unpaired) electrons. The smallest absolute Gasteiger partial charge is 0.0114 e. The molecule has 2 rings (SSSR count). The molecule has 0 saturated heterocycles. The molecule has 0 aliphatic rings. The van der Waals surface area contributed by atoms with Crippen LogP contribution in [0.5, 0.6) is 0 Å². The molecule has 0 heterocycles. The van der Waals surface area contributed by atoms with Gasteiger partial charge in [-0.15, -0.1) is 17.2 Å². The summed E-state index contributed by atoms with van der Waals surface area (Å²) in [6.07, 6.45) is 0. The minimum absolute atomic E-state index is 0.997. The SMILES string of the molecule is CN(C)C[c-]1cccc1-c1ccccc1. The molecule has 0 aliphatic carbocycles. The number of hydrogen-bond acceptors (Lipinski definition) is 1. The third-order valence-corrected chi connectivity index (χ3v) is 2.48. The van der Waals surface area contributed by atoms with Gasteiger partial charge in [0.25, 0.3) is 0 Å². The zero-order chi connectivity index (χ0) is 10.7. The van der Waals surface area contributed by atoms with Gasteiger partial charge in [-0.3, -0.25) is 0 Å². The molecule has 0 aliphatic heterocycles.